The molecule has 108 valence electrons. The van der Waals surface area contributed by atoms with Crippen LogP contribution in [0.5, 0.6) is 11.8 Å². The molecule has 2 aromatic rings. The molecule has 0 atom stereocenters. The molecule has 1 fully saturated rings. The SMILES string of the molecule is Cc1cnc(Oc2cccc(C=C3CCNCC3)c2)nc1. The fourth-order valence-corrected chi connectivity index (χ4v) is 2.33. The van der Waals surface area contributed by atoms with Gasteiger partial charge in [-0.1, -0.05) is 23.8 Å². The van der Waals surface area contributed by atoms with Crippen LogP contribution in [0.1, 0.15) is 24.0 Å². The minimum atomic E-state index is 0.382. The number of nitrogens with zero attached hydrogens (tertiary/aromatic N) is 2. The molecule has 1 aliphatic heterocycles. The van der Waals surface area contributed by atoms with Crippen molar-refractivity contribution in [2.24, 2.45) is 0 Å². The molecule has 0 amide bonds. The van der Waals surface area contributed by atoms with Crippen LogP contribution in [0.3, 0.4) is 0 Å². The normalized spacial score (nSPS) is 14.8. The Morgan fingerprint density at radius 1 is 1.14 bits per heavy atom. The summed E-state index contributed by atoms with van der Waals surface area (Å²) in [5, 5.41) is 3.37. The van der Waals surface area contributed by atoms with Crippen molar-refractivity contribution in [2.75, 3.05) is 13.1 Å². The monoisotopic (exact) mass is 281 g/mol. The van der Waals surface area contributed by atoms with Crippen molar-refractivity contribution in [1.29, 1.82) is 0 Å². The van der Waals surface area contributed by atoms with E-state index >= 15 is 0 Å². The number of rotatable bonds is 3. The first kappa shape index (κ1) is 13.8. The van der Waals surface area contributed by atoms with E-state index in [1.165, 1.54) is 5.57 Å². The third-order valence-electron chi connectivity index (χ3n) is 3.44. The molecule has 0 aliphatic carbocycles. The Kier molecular flexibility index (Phi) is 4.26. The fraction of sp³-hybridized carbons (Fsp3) is 0.294. The van der Waals surface area contributed by atoms with Gasteiger partial charge in [0.05, 0.1) is 0 Å². The van der Waals surface area contributed by atoms with Gasteiger partial charge < -0.3 is 10.1 Å². The highest BCUT2D eigenvalue weighted by Gasteiger charge is 2.05. The maximum absolute atomic E-state index is 5.70. The summed E-state index contributed by atoms with van der Waals surface area (Å²) in [6.07, 6.45) is 7.99. The van der Waals surface area contributed by atoms with Gasteiger partial charge in [-0.2, -0.15) is 0 Å². The van der Waals surface area contributed by atoms with Crippen molar-refractivity contribution >= 4 is 6.08 Å². The zero-order valence-corrected chi connectivity index (χ0v) is 12.2. The highest BCUT2D eigenvalue weighted by Crippen LogP contribution is 2.22. The first-order valence-electron chi connectivity index (χ1n) is 7.26. The zero-order valence-electron chi connectivity index (χ0n) is 12.2. The van der Waals surface area contributed by atoms with Crippen molar-refractivity contribution in [3.8, 4) is 11.8 Å². The molecule has 3 rings (SSSR count). The van der Waals surface area contributed by atoms with Gasteiger partial charge in [0.2, 0.25) is 0 Å². The molecule has 4 heteroatoms. The number of hydrogen-bond acceptors (Lipinski definition) is 4. The van der Waals surface area contributed by atoms with E-state index in [0.29, 0.717) is 6.01 Å². The van der Waals surface area contributed by atoms with Gasteiger partial charge in [-0.15, -0.1) is 0 Å². The van der Waals surface area contributed by atoms with Crippen LogP contribution in [0.15, 0.2) is 42.2 Å². The minimum absolute atomic E-state index is 0.382. The Labute approximate surface area is 124 Å². The number of aromatic nitrogens is 2. The highest BCUT2D eigenvalue weighted by molar-refractivity contribution is 5.55. The summed E-state index contributed by atoms with van der Waals surface area (Å²) in [5.41, 5.74) is 3.67. The number of benzene rings is 1. The molecular weight excluding hydrogens is 262 g/mol. The molecule has 1 aromatic heterocycles. The lowest BCUT2D eigenvalue weighted by atomic mass is 10.0. The van der Waals surface area contributed by atoms with Crippen LogP contribution < -0.4 is 10.1 Å². The van der Waals surface area contributed by atoms with E-state index in [0.717, 1.165) is 42.8 Å². The van der Waals surface area contributed by atoms with Gasteiger partial charge in [0.15, 0.2) is 0 Å². The van der Waals surface area contributed by atoms with Crippen LogP contribution in [0.4, 0.5) is 0 Å². The number of aryl methyl sites for hydroxylation is 1. The predicted octanol–water partition coefficient (Wildman–Crippen LogP) is 3.34. The van der Waals surface area contributed by atoms with Gasteiger partial charge in [0.25, 0.3) is 0 Å². The Bertz CT molecular complexity index is 627. The summed E-state index contributed by atoms with van der Waals surface area (Å²) in [5.74, 6) is 0.766. The Balaban J connectivity index is 1.75. The van der Waals surface area contributed by atoms with Crippen LogP contribution in [-0.4, -0.2) is 23.1 Å². The first-order chi connectivity index (χ1) is 10.3. The second-order valence-electron chi connectivity index (χ2n) is 5.27. The third kappa shape index (κ3) is 3.89. The van der Waals surface area contributed by atoms with Crippen molar-refractivity contribution in [3.05, 3.63) is 53.4 Å². The largest absolute Gasteiger partial charge is 0.424 e. The van der Waals surface area contributed by atoms with Gasteiger partial charge in [-0.25, -0.2) is 9.97 Å². The Hall–Kier alpha value is -2.20. The van der Waals surface area contributed by atoms with E-state index in [4.69, 9.17) is 4.74 Å². The van der Waals surface area contributed by atoms with Crippen molar-refractivity contribution in [3.63, 3.8) is 0 Å². The van der Waals surface area contributed by atoms with Crippen molar-refractivity contribution < 1.29 is 4.74 Å². The van der Waals surface area contributed by atoms with E-state index in [1.807, 2.05) is 25.1 Å². The molecule has 1 N–H and O–H groups in total. The Morgan fingerprint density at radius 3 is 2.67 bits per heavy atom. The lowest BCUT2D eigenvalue weighted by molar-refractivity contribution is 0.441. The van der Waals surface area contributed by atoms with Crippen molar-refractivity contribution in [1.82, 2.24) is 15.3 Å². The first-order valence-corrected chi connectivity index (χ1v) is 7.26. The van der Waals surface area contributed by atoms with Gasteiger partial charge in [-0.05, 0) is 56.1 Å². The van der Waals surface area contributed by atoms with E-state index in [-0.39, 0.29) is 0 Å². The smallest absolute Gasteiger partial charge is 0.321 e. The summed E-state index contributed by atoms with van der Waals surface area (Å²) >= 11 is 0. The zero-order chi connectivity index (χ0) is 14.5. The number of hydrogen-bond donors (Lipinski definition) is 1. The molecule has 0 radical (unpaired) electrons. The third-order valence-corrected chi connectivity index (χ3v) is 3.44. The summed E-state index contributed by atoms with van der Waals surface area (Å²) in [7, 11) is 0. The number of piperidine rings is 1. The van der Waals surface area contributed by atoms with Crippen LogP contribution in [0, 0.1) is 6.92 Å². The van der Waals surface area contributed by atoms with Gasteiger partial charge in [0, 0.05) is 12.4 Å². The summed E-state index contributed by atoms with van der Waals surface area (Å²) in [6.45, 7) is 4.09. The fourth-order valence-electron chi connectivity index (χ4n) is 2.33. The molecule has 0 bridgehead atoms. The maximum atomic E-state index is 5.70. The summed E-state index contributed by atoms with van der Waals surface area (Å²) in [6, 6.07) is 8.42. The molecule has 4 nitrogen and oxygen atoms in total. The van der Waals surface area contributed by atoms with Crippen LogP contribution in [-0.2, 0) is 0 Å². The molecule has 0 saturated carbocycles. The van der Waals surface area contributed by atoms with Crippen LogP contribution in [0.2, 0.25) is 0 Å². The maximum Gasteiger partial charge on any atom is 0.321 e. The molecule has 2 heterocycles. The van der Waals surface area contributed by atoms with Crippen LogP contribution in [0.25, 0.3) is 6.08 Å². The Morgan fingerprint density at radius 2 is 1.90 bits per heavy atom. The van der Waals surface area contributed by atoms with E-state index < -0.39 is 0 Å². The van der Waals surface area contributed by atoms with Gasteiger partial charge in [0.1, 0.15) is 5.75 Å². The topological polar surface area (TPSA) is 47.0 Å². The quantitative estimate of drug-likeness (QED) is 0.937. The number of ether oxygens (including phenoxy) is 1. The molecule has 0 unspecified atom stereocenters. The standard InChI is InChI=1S/C17H19N3O/c1-13-11-19-17(20-12-13)21-16-4-2-3-15(10-16)9-14-5-7-18-8-6-14/h2-4,9-12,18H,5-8H2,1H3. The lowest BCUT2D eigenvalue weighted by Crippen LogP contribution is -2.22. The molecule has 1 saturated heterocycles. The van der Waals surface area contributed by atoms with Crippen LogP contribution >= 0.6 is 0 Å². The molecular formula is C17H19N3O. The van der Waals surface area contributed by atoms with E-state index in [2.05, 4.69) is 27.4 Å². The molecule has 21 heavy (non-hydrogen) atoms. The predicted molar refractivity (Wildman–Crippen MR) is 83.4 cm³/mol. The summed E-state index contributed by atoms with van der Waals surface area (Å²) in [4.78, 5) is 8.32. The number of nitrogens with one attached hydrogen (secondary N) is 1. The lowest BCUT2D eigenvalue weighted by Gasteiger charge is -2.15. The molecule has 1 aliphatic rings. The average Bonchev–Trinajstić information content (AvgIpc) is 2.51. The van der Waals surface area contributed by atoms with E-state index in [9.17, 15) is 0 Å². The molecule has 0 spiro atoms. The summed E-state index contributed by atoms with van der Waals surface area (Å²) < 4.78 is 5.70. The molecule has 1 aromatic carbocycles. The van der Waals surface area contributed by atoms with Gasteiger partial charge in [-0.3, -0.25) is 0 Å². The second kappa shape index (κ2) is 6.50. The van der Waals surface area contributed by atoms with E-state index in [1.54, 1.807) is 12.4 Å². The average molecular weight is 281 g/mol. The highest BCUT2D eigenvalue weighted by atomic mass is 16.5. The van der Waals surface area contributed by atoms with Crippen molar-refractivity contribution in [2.45, 2.75) is 19.8 Å². The van der Waals surface area contributed by atoms with Gasteiger partial charge >= 0.3 is 6.01 Å². The second-order valence-corrected chi connectivity index (χ2v) is 5.27. The minimum Gasteiger partial charge on any atom is -0.424 e.